The van der Waals surface area contributed by atoms with Crippen LogP contribution >= 0.6 is 11.6 Å². The van der Waals surface area contributed by atoms with Crippen molar-refractivity contribution in [3.8, 4) is 0 Å². The second-order valence-electron chi connectivity index (χ2n) is 19.9. The lowest BCUT2D eigenvalue weighted by Gasteiger charge is -2.57. The number of likely N-dealkylation sites (N-methyl/N-ethyl adjacent to an activating group) is 1. The van der Waals surface area contributed by atoms with Gasteiger partial charge in [0, 0.05) is 52.4 Å². The van der Waals surface area contributed by atoms with Gasteiger partial charge in [-0.25, -0.2) is 0 Å². The zero-order chi connectivity index (χ0) is 39.8. The van der Waals surface area contributed by atoms with Crippen molar-refractivity contribution >= 4 is 29.0 Å². The number of hydrogen-bond acceptors (Lipinski definition) is 3. The number of esters is 1. The number of carbonyl (C=O) groups is 1. The van der Waals surface area contributed by atoms with E-state index in [0.29, 0.717) is 24.4 Å². The van der Waals surface area contributed by atoms with Gasteiger partial charge in [0.25, 0.3) is 0 Å². The van der Waals surface area contributed by atoms with Gasteiger partial charge in [-0.2, -0.15) is 4.58 Å². The van der Waals surface area contributed by atoms with Gasteiger partial charge in [-0.3, -0.25) is 4.79 Å². The van der Waals surface area contributed by atoms with Crippen LogP contribution in [0.3, 0.4) is 0 Å². The molecule has 1 unspecified atom stereocenters. The molecule has 1 atom stereocenters. The minimum atomic E-state index is -0.111. The van der Waals surface area contributed by atoms with E-state index in [2.05, 4.69) is 113 Å². The van der Waals surface area contributed by atoms with E-state index in [1.807, 2.05) is 0 Å². The fraction of sp³-hybridized carbons (Fsp3) is 0.647. The van der Waals surface area contributed by atoms with Gasteiger partial charge >= 0.3 is 5.97 Å². The van der Waals surface area contributed by atoms with Crippen molar-refractivity contribution in [1.29, 1.82) is 0 Å². The summed E-state index contributed by atoms with van der Waals surface area (Å²) in [5.74, 6) is 3.25. The summed E-state index contributed by atoms with van der Waals surface area (Å²) in [4.78, 5) is 15.3. The SMILES string of the molecule is C/C=C\C1=C(C)C(C)(C)C(C(C)CC2=C(Cl)/C(=C/C=C3/N(CCCCCC(=O)OCCC45CC6CC(CC(C6)C4)C5)c4ccccc4C3(C)C)CCC2)=[N+]1CC. The molecule has 5 heteroatoms. The summed E-state index contributed by atoms with van der Waals surface area (Å²) in [6.07, 6.45) is 26.5. The first-order chi connectivity index (χ1) is 26.8. The van der Waals surface area contributed by atoms with E-state index in [4.69, 9.17) is 16.3 Å². The Hall–Kier alpha value is -2.85. The molecule has 304 valence electrons. The van der Waals surface area contributed by atoms with Crippen LogP contribution in [0.2, 0.25) is 0 Å². The fourth-order valence-corrected chi connectivity index (χ4v) is 13.2. The van der Waals surface area contributed by atoms with Gasteiger partial charge in [0.2, 0.25) is 5.70 Å². The molecule has 56 heavy (non-hydrogen) atoms. The van der Waals surface area contributed by atoms with Crippen molar-refractivity contribution in [2.24, 2.45) is 34.5 Å². The van der Waals surface area contributed by atoms with Crippen molar-refractivity contribution in [3.63, 3.8) is 0 Å². The standard InChI is InChI=1S/C51H72ClN2O2/c1-9-17-43-36(4)49(5,6)48(53(43)10-2)35(3)28-41-19-16-18-40(47(41)52)23-24-45-50(7,8)42-20-13-14-21-44(42)54(45)26-15-11-12-22-46(55)56-27-25-51-32-37-29-38(33-51)31-39(30-37)34-51/h9,13-14,17,20-21,23-24,35,37-39H,10-12,15-16,18-19,22,25-34H2,1-8H3/q+1/b17-9-,40-23+,45-24+. The second kappa shape index (κ2) is 16.8. The Labute approximate surface area is 345 Å². The van der Waals surface area contributed by atoms with Crippen LogP contribution in [0.1, 0.15) is 157 Å². The van der Waals surface area contributed by atoms with Crippen LogP contribution in [0.15, 0.2) is 81.7 Å². The van der Waals surface area contributed by atoms with Crippen molar-refractivity contribution < 1.29 is 14.1 Å². The number of benzene rings is 1. The maximum Gasteiger partial charge on any atom is 0.305 e. The normalized spacial score (nSPS) is 29.8. The molecule has 0 aromatic heterocycles. The Kier molecular flexibility index (Phi) is 12.4. The minimum absolute atomic E-state index is 0.000756. The number of hydrogen-bond donors (Lipinski definition) is 0. The summed E-state index contributed by atoms with van der Waals surface area (Å²) in [5.41, 5.74) is 11.4. The smallest absolute Gasteiger partial charge is 0.305 e. The molecule has 5 aliphatic carbocycles. The lowest BCUT2D eigenvalue weighted by molar-refractivity contribution is -0.468. The first kappa shape index (κ1) is 41.3. The topological polar surface area (TPSA) is 32.6 Å². The van der Waals surface area contributed by atoms with Crippen molar-refractivity contribution in [1.82, 2.24) is 0 Å². The number of ether oxygens (including phenoxy) is 1. The molecule has 2 aliphatic heterocycles. The molecule has 0 spiro atoms. The molecule has 0 saturated heterocycles. The average Bonchev–Trinajstić information content (AvgIpc) is 3.48. The number of halogens is 1. The van der Waals surface area contributed by atoms with Crippen molar-refractivity contribution in [3.05, 3.63) is 87.3 Å². The number of carbonyl (C=O) groups excluding carboxylic acids is 1. The minimum Gasteiger partial charge on any atom is -0.466 e. The van der Waals surface area contributed by atoms with Crippen molar-refractivity contribution in [2.75, 3.05) is 24.6 Å². The lowest BCUT2D eigenvalue weighted by Crippen LogP contribution is -2.46. The van der Waals surface area contributed by atoms with Crippen LogP contribution in [0.5, 0.6) is 0 Å². The van der Waals surface area contributed by atoms with Gasteiger partial charge < -0.3 is 9.64 Å². The first-order valence-corrected chi connectivity index (χ1v) is 23.0. The van der Waals surface area contributed by atoms with E-state index in [1.165, 1.54) is 83.6 Å². The molecule has 0 radical (unpaired) electrons. The predicted octanol–water partition coefficient (Wildman–Crippen LogP) is 13.4. The molecule has 1 aromatic carbocycles. The highest BCUT2D eigenvalue weighted by Gasteiger charge is 2.51. The summed E-state index contributed by atoms with van der Waals surface area (Å²) >= 11 is 7.36. The van der Waals surface area contributed by atoms with Gasteiger partial charge in [-0.05, 0) is 165 Å². The maximum absolute atomic E-state index is 12.8. The summed E-state index contributed by atoms with van der Waals surface area (Å²) in [7, 11) is 0. The molecular formula is C51H72ClN2O2+. The number of allylic oxidation sites excluding steroid dienone is 9. The first-order valence-electron chi connectivity index (χ1n) is 22.6. The van der Waals surface area contributed by atoms with Gasteiger partial charge in [-0.15, -0.1) is 0 Å². The van der Waals surface area contributed by atoms with Crippen LogP contribution < -0.4 is 4.90 Å². The predicted molar refractivity (Wildman–Crippen MR) is 235 cm³/mol. The summed E-state index contributed by atoms with van der Waals surface area (Å²) in [5, 5.41) is 0.988. The molecule has 4 fully saturated rings. The quantitative estimate of drug-likeness (QED) is 0.101. The number of anilines is 1. The molecule has 4 nitrogen and oxygen atoms in total. The Balaban J connectivity index is 0.976. The van der Waals surface area contributed by atoms with Crippen LogP contribution in [-0.2, 0) is 14.9 Å². The van der Waals surface area contributed by atoms with E-state index in [-0.39, 0.29) is 16.8 Å². The van der Waals surface area contributed by atoms with Crippen LogP contribution in [0.25, 0.3) is 0 Å². The van der Waals surface area contributed by atoms with E-state index < -0.39 is 0 Å². The zero-order valence-corrected chi connectivity index (χ0v) is 37.0. The molecular weight excluding hydrogens is 708 g/mol. The lowest BCUT2D eigenvalue weighted by atomic mass is 9.49. The zero-order valence-electron chi connectivity index (χ0n) is 36.2. The van der Waals surface area contributed by atoms with Crippen LogP contribution in [0, 0.1) is 34.5 Å². The molecule has 0 amide bonds. The molecule has 4 saturated carbocycles. The molecule has 7 aliphatic rings. The third-order valence-corrected chi connectivity index (χ3v) is 15.8. The number of rotatable bonds is 15. The van der Waals surface area contributed by atoms with Crippen LogP contribution in [0.4, 0.5) is 5.69 Å². The van der Waals surface area contributed by atoms with E-state index in [1.54, 1.807) is 0 Å². The summed E-state index contributed by atoms with van der Waals surface area (Å²) < 4.78 is 8.41. The van der Waals surface area contributed by atoms with Gasteiger partial charge in [0.05, 0.1) is 12.0 Å². The van der Waals surface area contributed by atoms with Gasteiger partial charge in [0.15, 0.2) is 5.71 Å². The Morgan fingerprint density at radius 1 is 0.982 bits per heavy atom. The third-order valence-electron chi connectivity index (χ3n) is 15.3. The second-order valence-corrected chi connectivity index (χ2v) is 20.3. The average molecular weight is 781 g/mol. The highest BCUT2D eigenvalue weighted by molar-refractivity contribution is 6.32. The number of nitrogens with zero attached hydrogens (tertiary/aromatic N) is 2. The van der Waals surface area contributed by atoms with Gasteiger partial charge in [-0.1, -0.05) is 74.7 Å². The highest BCUT2D eigenvalue weighted by atomic mass is 35.5. The fourth-order valence-electron chi connectivity index (χ4n) is 12.9. The third kappa shape index (κ3) is 8.08. The number of fused-ring (bicyclic) bond motifs is 1. The molecule has 8 rings (SSSR count). The van der Waals surface area contributed by atoms with E-state index >= 15 is 0 Å². The van der Waals surface area contributed by atoms with E-state index in [9.17, 15) is 4.79 Å². The van der Waals surface area contributed by atoms with Crippen molar-refractivity contribution in [2.45, 2.75) is 157 Å². The van der Waals surface area contributed by atoms with E-state index in [0.717, 1.165) is 87.2 Å². The number of unbranched alkanes of at least 4 members (excludes halogenated alkanes) is 2. The number of para-hydroxylation sites is 1. The summed E-state index contributed by atoms with van der Waals surface area (Å²) in [6.45, 7) is 21.2. The maximum atomic E-state index is 12.8. The van der Waals surface area contributed by atoms with Gasteiger partial charge in [0.1, 0.15) is 6.54 Å². The summed E-state index contributed by atoms with van der Waals surface area (Å²) in [6, 6.07) is 8.91. The molecule has 4 bridgehead atoms. The molecule has 0 N–H and O–H groups in total. The molecule has 1 aromatic rings. The Morgan fingerprint density at radius 3 is 2.36 bits per heavy atom. The Morgan fingerprint density at radius 2 is 1.68 bits per heavy atom. The largest absolute Gasteiger partial charge is 0.466 e. The molecule has 2 heterocycles. The van der Waals surface area contributed by atoms with Crippen LogP contribution in [-0.4, -0.2) is 36.0 Å². The monoisotopic (exact) mass is 780 g/mol. The highest BCUT2D eigenvalue weighted by Crippen LogP contribution is 2.61. The Bertz CT molecular complexity index is 1810.